The maximum atomic E-state index is 10.9. The third kappa shape index (κ3) is 2.51. The van der Waals surface area contributed by atoms with Crippen molar-refractivity contribution in [3.8, 4) is 5.75 Å². The van der Waals surface area contributed by atoms with Gasteiger partial charge in [0, 0.05) is 12.0 Å². The Morgan fingerprint density at radius 3 is 2.80 bits per heavy atom. The summed E-state index contributed by atoms with van der Waals surface area (Å²) >= 11 is 0. The van der Waals surface area contributed by atoms with Gasteiger partial charge in [0.25, 0.3) is 0 Å². The lowest BCUT2D eigenvalue weighted by atomic mass is 9.65. The second kappa shape index (κ2) is 5.65. The second-order valence-electron chi connectivity index (χ2n) is 6.30. The number of methoxy groups -OCH3 is 1. The van der Waals surface area contributed by atoms with Crippen LogP contribution in [0.25, 0.3) is 0 Å². The molecule has 0 saturated heterocycles. The first-order chi connectivity index (χ1) is 9.73. The van der Waals surface area contributed by atoms with Crippen molar-refractivity contribution < 1.29 is 9.84 Å². The highest BCUT2D eigenvalue weighted by atomic mass is 16.5. The predicted octanol–water partition coefficient (Wildman–Crippen LogP) is 3.58. The molecule has 2 saturated carbocycles. The van der Waals surface area contributed by atoms with Crippen LogP contribution in [0.15, 0.2) is 24.3 Å². The minimum atomic E-state index is -0.434. The molecular weight excluding hydrogens is 250 g/mol. The number of anilines is 1. The topological polar surface area (TPSA) is 41.5 Å². The zero-order valence-corrected chi connectivity index (χ0v) is 12.3. The molecule has 20 heavy (non-hydrogen) atoms. The predicted molar refractivity (Wildman–Crippen MR) is 81.2 cm³/mol. The van der Waals surface area contributed by atoms with Gasteiger partial charge in [-0.1, -0.05) is 25.0 Å². The molecule has 0 amide bonds. The molecule has 2 N–H and O–H groups in total. The van der Waals surface area contributed by atoms with E-state index in [1.165, 1.54) is 12.8 Å². The van der Waals surface area contributed by atoms with Gasteiger partial charge in [0.05, 0.1) is 18.4 Å². The van der Waals surface area contributed by atoms with Gasteiger partial charge in [-0.25, -0.2) is 0 Å². The van der Waals surface area contributed by atoms with E-state index in [-0.39, 0.29) is 0 Å². The first-order valence-corrected chi connectivity index (χ1v) is 7.85. The zero-order valence-electron chi connectivity index (χ0n) is 12.3. The van der Waals surface area contributed by atoms with Gasteiger partial charge >= 0.3 is 0 Å². The van der Waals surface area contributed by atoms with Crippen molar-refractivity contribution in [3.05, 3.63) is 24.3 Å². The van der Waals surface area contributed by atoms with E-state index in [1.807, 2.05) is 18.2 Å². The molecule has 0 radical (unpaired) electrons. The fourth-order valence-corrected chi connectivity index (χ4v) is 4.10. The summed E-state index contributed by atoms with van der Waals surface area (Å²) in [5.74, 6) is 1.27. The Bertz CT molecular complexity index is 458. The van der Waals surface area contributed by atoms with Crippen LogP contribution in [0.2, 0.25) is 0 Å². The van der Waals surface area contributed by atoms with Gasteiger partial charge in [-0.15, -0.1) is 0 Å². The van der Waals surface area contributed by atoms with Crippen LogP contribution in [0.5, 0.6) is 5.75 Å². The van der Waals surface area contributed by atoms with Gasteiger partial charge in [0.1, 0.15) is 5.75 Å². The van der Waals surface area contributed by atoms with Crippen LogP contribution in [-0.2, 0) is 0 Å². The van der Waals surface area contributed by atoms with Crippen LogP contribution in [0.4, 0.5) is 5.69 Å². The van der Waals surface area contributed by atoms with E-state index in [1.54, 1.807) is 7.11 Å². The van der Waals surface area contributed by atoms with Crippen molar-refractivity contribution in [1.82, 2.24) is 0 Å². The number of fused-ring (bicyclic) bond motifs is 1. The molecule has 2 aliphatic carbocycles. The molecule has 2 fully saturated rings. The Kier molecular flexibility index (Phi) is 3.88. The Hall–Kier alpha value is -1.22. The largest absolute Gasteiger partial charge is 0.495 e. The first-order valence-electron chi connectivity index (χ1n) is 7.85. The standard InChI is InChI=1S/C17H25NO2/c1-20-16-10-3-2-8-15(16)18-14-9-6-12-17(19)11-5-4-7-13(14)17/h2-3,8,10,13-14,18-19H,4-7,9,11-12H2,1H3. The molecule has 3 rings (SSSR count). The second-order valence-corrected chi connectivity index (χ2v) is 6.30. The molecular formula is C17H25NO2. The van der Waals surface area contributed by atoms with Crippen molar-refractivity contribution in [2.75, 3.05) is 12.4 Å². The molecule has 3 nitrogen and oxygen atoms in total. The monoisotopic (exact) mass is 275 g/mol. The van der Waals surface area contributed by atoms with Gasteiger partial charge in [-0.2, -0.15) is 0 Å². The maximum Gasteiger partial charge on any atom is 0.141 e. The third-order valence-electron chi connectivity index (χ3n) is 5.12. The molecule has 0 bridgehead atoms. The number of aliphatic hydroxyl groups is 1. The first kappa shape index (κ1) is 13.7. The molecule has 3 atom stereocenters. The molecule has 0 heterocycles. The third-order valence-corrected chi connectivity index (χ3v) is 5.12. The molecule has 1 aromatic carbocycles. The summed E-state index contributed by atoms with van der Waals surface area (Å²) in [6, 6.07) is 8.43. The van der Waals surface area contributed by atoms with Crippen LogP contribution >= 0.6 is 0 Å². The minimum absolute atomic E-state index is 0.366. The number of nitrogens with one attached hydrogen (secondary N) is 1. The van der Waals surface area contributed by atoms with E-state index >= 15 is 0 Å². The van der Waals surface area contributed by atoms with Gasteiger partial charge in [0.2, 0.25) is 0 Å². The SMILES string of the molecule is COc1ccccc1NC1CCCC2(O)CCCCC12. The van der Waals surface area contributed by atoms with Crippen LogP contribution < -0.4 is 10.1 Å². The number of para-hydroxylation sites is 2. The number of rotatable bonds is 3. The van der Waals surface area contributed by atoms with Crippen molar-refractivity contribution >= 4 is 5.69 Å². The molecule has 3 unspecified atom stereocenters. The lowest BCUT2D eigenvalue weighted by Crippen LogP contribution is -2.52. The summed E-state index contributed by atoms with van der Waals surface area (Å²) in [7, 11) is 1.71. The highest BCUT2D eigenvalue weighted by Gasteiger charge is 2.45. The van der Waals surface area contributed by atoms with Gasteiger partial charge < -0.3 is 15.2 Å². The van der Waals surface area contributed by atoms with E-state index in [2.05, 4.69) is 11.4 Å². The summed E-state index contributed by atoms with van der Waals surface area (Å²) in [6.07, 6.45) is 7.77. The Balaban J connectivity index is 1.79. The highest BCUT2D eigenvalue weighted by Crippen LogP contribution is 2.45. The summed E-state index contributed by atoms with van der Waals surface area (Å²) in [5.41, 5.74) is 0.616. The summed E-state index contributed by atoms with van der Waals surface area (Å²) < 4.78 is 5.42. The average Bonchev–Trinajstić information content (AvgIpc) is 2.47. The Labute approximate surface area is 121 Å². The zero-order chi connectivity index (χ0) is 14.0. The van der Waals surface area contributed by atoms with Crippen LogP contribution in [0.1, 0.15) is 44.9 Å². The lowest BCUT2D eigenvalue weighted by molar-refractivity contribution is -0.0793. The minimum Gasteiger partial charge on any atom is -0.495 e. The van der Waals surface area contributed by atoms with Crippen LogP contribution in [-0.4, -0.2) is 23.9 Å². The van der Waals surface area contributed by atoms with E-state index < -0.39 is 5.60 Å². The van der Waals surface area contributed by atoms with E-state index in [9.17, 15) is 5.11 Å². The molecule has 0 aliphatic heterocycles. The number of hydrogen-bond donors (Lipinski definition) is 2. The normalized spacial score (nSPS) is 33.3. The molecule has 2 aliphatic rings. The molecule has 0 spiro atoms. The average molecular weight is 275 g/mol. The quantitative estimate of drug-likeness (QED) is 0.886. The fraction of sp³-hybridized carbons (Fsp3) is 0.647. The van der Waals surface area contributed by atoms with Crippen molar-refractivity contribution in [3.63, 3.8) is 0 Å². The number of ether oxygens (including phenoxy) is 1. The molecule has 1 aromatic rings. The smallest absolute Gasteiger partial charge is 0.141 e. The summed E-state index contributed by atoms with van der Waals surface area (Å²) in [5, 5.41) is 14.5. The molecule has 0 aromatic heterocycles. The molecule has 110 valence electrons. The summed E-state index contributed by atoms with van der Waals surface area (Å²) in [4.78, 5) is 0. The summed E-state index contributed by atoms with van der Waals surface area (Å²) in [6.45, 7) is 0. The van der Waals surface area contributed by atoms with Gasteiger partial charge in [-0.3, -0.25) is 0 Å². The van der Waals surface area contributed by atoms with Crippen molar-refractivity contribution in [1.29, 1.82) is 0 Å². The fourth-order valence-electron chi connectivity index (χ4n) is 4.10. The number of benzene rings is 1. The van der Waals surface area contributed by atoms with Crippen molar-refractivity contribution in [2.24, 2.45) is 5.92 Å². The Morgan fingerprint density at radius 1 is 1.15 bits per heavy atom. The van der Waals surface area contributed by atoms with E-state index in [0.717, 1.165) is 43.5 Å². The van der Waals surface area contributed by atoms with Crippen LogP contribution in [0.3, 0.4) is 0 Å². The highest BCUT2D eigenvalue weighted by molar-refractivity contribution is 5.56. The Morgan fingerprint density at radius 2 is 1.95 bits per heavy atom. The van der Waals surface area contributed by atoms with Gasteiger partial charge in [-0.05, 0) is 44.2 Å². The van der Waals surface area contributed by atoms with E-state index in [4.69, 9.17) is 4.74 Å². The van der Waals surface area contributed by atoms with Gasteiger partial charge in [0.15, 0.2) is 0 Å². The maximum absolute atomic E-state index is 10.9. The lowest BCUT2D eigenvalue weighted by Gasteiger charge is -2.48. The van der Waals surface area contributed by atoms with Crippen LogP contribution in [0, 0.1) is 5.92 Å². The van der Waals surface area contributed by atoms with Crippen molar-refractivity contribution in [2.45, 2.75) is 56.6 Å². The van der Waals surface area contributed by atoms with E-state index in [0.29, 0.717) is 12.0 Å². The number of hydrogen-bond acceptors (Lipinski definition) is 3. The molecule has 3 heteroatoms.